The van der Waals surface area contributed by atoms with Crippen molar-refractivity contribution in [1.82, 2.24) is 4.98 Å². The highest BCUT2D eigenvalue weighted by molar-refractivity contribution is 5.87. The number of nitrogens with zero attached hydrogens (tertiary/aromatic N) is 1. The van der Waals surface area contributed by atoms with Gasteiger partial charge in [-0.3, -0.25) is 0 Å². The Hall–Kier alpha value is -2.56. The van der Waals surface area contributed by atoms with Crippen LogP contribution in [0.1, 0.15) is 16.1 Å². The fraction of sp³-hybridized carbons (Fsp3) is 0.143. The van der Waals surface area contributed by atoms with Crippen LogP contribution in [0.4, 0.5) is 17.1 Å². The molecule has 0 saturated heterocycles. The van der Waals surface area contributed by atoms with Crippen molar-refractivity contribution in [1.29, 1.82) is 0 Å². The van der Waals surface area contributed by atoms with Gasteiger partial charge in [-0.1, -0.05) is 12.1 Å². The third-order valence-electron chi connectivity index (χ3n) is 2.73. The molecule has 2 rings (SSSR count). The number of carbonyl (C=O) groups excluding carboxylic acids is 1. The van der Waals surface area contributed by atoms with E-state index < -0.39 is 5.97 Å². The molecule has 5 nitrogen and oxygen atoms in total. The van der Waals surface area contributed by atoms with E-state index in [0.717, 1.165) is 16.9 Å². The van der Waals surface area contributed by atoms with Crippen LogP contribution < -0.4 is 11.1 Å². The average molecular weight is 257 g/mol. The number of aryl methyl sites for hydroxylation is 1. The number of carbonyl (C=O) groups is 1. The van der Waals surface area contributed by atoms with Crippen LogP contribution >= 0.6 is 0 Å². The maximum absolute atomic E-state index is 11.3. The van der Waals surface area contributed by atoms with Crippen molar-refractivity contribution in [2.45, 2.75) is 6.92 Å². The maximum atomic E-state index is 11.3. The van der Waals surface area contributed by atoms with Crippen LogP contribution in [-0.2, 0) is 4.74 Å². The normalized spacial score (nSPS) is 10.0. The highest BCUT2D eigenvalue weighted by Crippen LogP contribution is 2.26. The van der Waals surface area contributed by atoms with Gasteiger partial charge in [-0.2, -0.15) is 0 Å². The van der Waals surface area contributed by atoms with Crippen molar-refractivity contribution in [2.24, 2.45) is 0 Å². The minimum atomic E-state index is -0.457. The molecule has 1 heterocycles. The van der Waals surface area contributed by atoms with Gasteiger partial charge in [-0.05, 0) is 30.7 Å². The lowest BCUT2D eigenvalue weighted by Gasteiger charge is -2.12. The quantitative estimate of drug-likeness (QED) is 0.652. The summed E-state index contributed by atoms with van der Waals surface area (Å²) in [5.41, 5.74) is 9.48. The molecule has 0 aliphatic heterocycles. The molecule has 0 spiro atoms. The molecule has 0 radical (unpaired) electrons. The Balaban J connectivity index is 2.22. The van der Waals surface area contributed by atoms with Gasteiger partial charge < -0.3 is 15.8 Å². The first-order chi connectivity index (χ1) is 9.11. The average Bonchev–Trinajstić information content (AvgIpc) is 2.43. The second-order valence-electron chi connectivity index (χ2n) is 4.09. The van der Waals surface area contributed by atoms with E-state index in [2.05, 4.69) is 15.0 Å². The van der Waals surface area contributed by atoms with Crippen molar-refractivity contribution in [3.05, 3.63) is 47.8 Å². The van der Waals surface area contributed by atoms with Crippen molar-refractivity contribution in [2.75, 3.05) is 18.2 Å². The van der Waals surface area contributed by atoms with Crippen molar-refractivity contribution in [3.63, 3.8) is 0 Å². The van der Waals surface area contributed by atoms with Gasteiger partial charge in [-0.15, -0.1) is 0 Å². The minimum Gasteiger partial charge on any atom is -0.464 e. The van der Waals surface area contributed by atoms with Crippen LogP contribution in [0, 0.1) is 6.92 Å². The maximum Gasteiger partial charge on any atom is 0.356 e. The highest BCUT2D eigenvalue weighted by atomic mass is 16.5. The van der Waals surface area contributed by atoms with Crippen LogP contribution in [0.15, 0.2) is 36.5 Å². The molecule has 0 atom stereocenters. The predicted molar refractivity (Wildman–Crippen MR) is 74.5 cm³/mol. The Morgan fingerprint density at radius 1 is 1.32 bits per heavy atom. The number of nitrogens with one attached hydrogen (secondary N) is 1. The van der Waals surface area contributed by atoms with Crippen molar-refractivity contribution in [3.8, 4) is 0 Å². The third-order valence-corrected chi connectivity index (χ3v) is 2.73. The second-order valence-corrected chi connectivity index (χ2v) is 4.09. The predicted octanol–water partition coefficient (Wildman–Crippen LogP) is 2.50. The lowest BCUT2D eigenvalue weighted by atomic mass is 10.1. The third kappa shape index (κ3) is 2.82. The molecule has 0 bridgehead atoms. The number of ether oxygens (including phenoxy) is 1. The molecule has 1 aromatic heterocycles. The molecule has 0 aliphatic rings. The smallest absolute Gasteiger partial charge is 0.356 e. The molecule has 2 aromatic rings. The Morgan fingerprint density at radius 3 is 2.68 bits per heavy atom. The molecule has 0 unspecified atom stereocenters. The number of methoxy groups -OCH3 is 1. The molecule has 5 heteroatoms. The summed E-state index contributed by atoms with van der Waals surface area (Å²) < 4.78 is 4.59. The zero-order valence-corrected chi connectivity index (χ0v) is 10.8. The number of rotatable bonds is 3. The summed E-state index contributed by atoms with van der Waals surface area (Å²) in [4.78, 5) is 15.3. The van der Waals surface area contributed by atoms with Gasteiger partial charge in [0.05, 0.1) is 30.4 Å². The van der Waals surface area contributed by atoms with Crippen LogP contribution in [0.3, 0.4) is 0 Å². The Bertz CT molecular complexity index is 574. The van der Waals surface area contributed by atoms with Gasteiger partial charge in [-0.25, -0.2) is 9.78 Å². The molecule has 1 aromatic carbocycles. The monoisotopic (exact) mass is 257 g/mol. The largest absolute Gasteiger partial charge is 0.464 e. The standard InChI is InChI=1S/C14H15N3O2/c1-9-4-3-5-11(15)13(9)17-10-6-7-12(16-8-10)14(18)19-2/h3-8,17H,15H2,1-2H3. The molecular weight excluding hydrogens is 242 g/mol. The molecule has 0 amide bonds. The van der Waals surface area contributed by atoms with Gasteiger partial charge in [0.1, 0.15) is 5.69 Å². The van der Waals surface area contributed by atoms with Crippen LogP contribution in [-0.4, -0.2) is 18.1 Å². The Labute approximate surface area is 111 Å². The summed E-state index contributed by atoms with van der Waals surface area (Å²) in [6.07, 6.45) is 1.57. The van der Waals surface area contributed by atoms with E-state index >= 15 is 0 Å². The van der Waals surface area contributed by atoms with Gasteiger partial charge in [0.25, 0.3) is 0 Å². The van der Waals surface area contributed by atoms with Gasteiger partial charge >= 0.3 is 5.97 Å². The van der Waals surface area contributed by atoms with E-state index in [0.29, 0.717) is 5.69 Å². The molecule has 0 aliphatic carbocycles. The number of aromatic nitrogens is 1. The number of benzene rings is 1. The van der Waals surface area contributed by atoms with Crippen LogP contribution in [0.2, 0.25) is 0 Å². The van der Waals surface area contributed by atoms with Gasteiger partial charge in [0, 0.05) is 0 Å². The molecule has 3 N–H and O–H groups in total. The van der Waals surface area contributed by atoms with Gasteiger partial charge in [0.2, 0.25) is 0 Å². The number of nitrogen functional groups attached to an aromatic ring is 1. The summed E-state index contributed by atoms with van der Waals surface area (Å²) in [6.45, 7) is 1.97. The zero-order chi connectivity index (χ0) is 13.8. The summed E-state index contributed by atoms with van der Waals surface area (Å²) >= 11 is 0. The fourth-order valence-electron chi connectivity index (χ4n) is 1.70. The van der Waals surface area contributed by atoms with Crippen molar-refractivity contribution < 1.29 is 9.53 Å². The zero-order valence-electron chi connectivity index (χ0n) is 10.8. The summed E-state index contributed by atoms with van der Waals surface area (Å²) in [5.74, 6) is -0.457. The molecule has 98 valence electrons. The number of hydrogen-bond donors (Lipinski definition) is 2. The molecule has 19 heavy (non-hydrogen) atoms. The van der Waals surface area contributed by atoms with E-state index in [4.69, 9.17) is 5.73 Å². The van der Waals surface area contributed by atoms with Crippen molar-refractivity contribution >= 4 is 23.0 Å². The van der Waals surface area contributed by atoms with E-state index in [-0.39, 0.29) is 5.69 Å². The lowest BCUT2D eigenvalue weighted by Crippen LogP contribution is -2.04. The number of nitrogens with two attached hydrogens (primary N) is 1. The van der Waals surface area contributed by atoms with E-state index in [1.165, 1.54) is 7.11 Å². The second kappa shape index (κ2) is 5.39. The van der Waals surface area contributed by atoms with E-state index in [9.17, 15) is 4.79 Å². The first kappa shape index (κ1) is 12.9. The summed E-state index contributed by atoms with van der Waals surface area (Å²) in [7, 11) is 1.32. The van der Waals surface area contributed by atoms with E-state index in [1.807, 2.05) is 25.1 Å². The number of anilines is 3. The Morgan fingerprint density at radius 2 is 2.11 bits per heavy atom. The molecule has 0 saturated carbocycles. The lowest BCUT2D eigenvalue weighted by molar-refractivity contribution is 0.0594. The fourth-order valence-corrected chi connectivity index (χ4v) is 1.70. The summed E-state index contributed by atoms with van der Waals surface area (Å²) in [6, 6.07) is 9.04. The first-order valence-corrected chi connectivity index (χ1v) is 5.78. The SMILES string of the molecule is COC(=O)c1ccc(Nc2c(C)cccc2N)cn1. The molecule has 0 fully saturated rings. The topological polar surface area (TPSA) is 77.2 Å². The van der Waals surface area contributed by atoms with E-state index in [1.54, 1.807) is 18.3 Å². The molecular formula is C14H15N3O2. The Kier molecular flexibility index (Phi) is 3.66. The number of hydrogen-bond acceptors (Lipinski definition) is 5. The first-order valence-electron chi connectivity index (χ1n) is 5.78. The van der Waals surface area contributed by atoms with Gasteiger partial charge in [0.15, 0.2) is 0 Å². The van der Waals surface area contributed by atoms with Crippen LogP contribution in [0.5, 0.6) is 0 Å². The number of pyridine rings is 1. The van der Waals surface area contributed by atoms with Crippen LogP contribution in [0.25, 0.3) is 0 Å². The number of esters is 1. The summed E-state index contributed by atoms with van der Waals surface area (Å²) in [5, 5.41) is 3.19. The number of para-hydroxylation sites is 1. The highest BCUT2D eigenvalue weighted by Gasteiger charge is 2.07. The minimum absolute atomic E-state index is 0.269.